The molecule has 2 aromatic rings. The van der Waals surface area contributed by atoms with Gasteiger partial charge in [0.15, 0.2) is 4.77 Å². The van der Waals surface area contributed by atoms with Gasteiger partial charge in [0.2, 0.25) is 0 Å². The number of amides is 2. The van der Waals surface area contributed by atoms with Gasteiger partial charge in [-0.25, -0.2) is 0 Å². The molecule has 0 aliphatic carbocycles. The van der Waals surface area contributed by atoms with Crippen LogP contribution in [0.2, 0.25) is 0 Å². The number of rotatable bonds is 4. The first-order valence-electron chi connectivity index (χ1n) is 10.1. The van der Waals surface area contributed by atoms with Crippen molar-refractivity contribution in [3.8, 4) is 0 Å². The highest BCUT2D eigenvalue weighted by molar-refractivity contribution is 7.71. The topological polar surface area (TPSA) is 87.6 Å². The summed E-state index contributed by atoms with van der Waals surface area (Å²) in [6, 6.07) is 4.97. The molecule has 0 saturated carbocycles. The highest BCUT2D eigenvalue weighted by Gasteiger charge is 2.31. The average Bonchev–Trinajstić information content (AvgIpc) is 3.30. The molecule has 4 rings (SSSR count). The molecule has 2 amide bonds. The zero-order chi connectivity index (χ0) is 21.3. The number of H-pyrrole nitrogens is 1. The molecular formula is C21H24N4O4S. The third-order valence-electron chi connectivity index (χ3n) is 5.62. The highest BCUT2D eigenvalue weighted by atomic mass is 32.1. The second-order valence-electron chi connectivity index (χ2n) is 7.51. The van der Waals surface area contributed by atoms with Gasteiger partial charge in [-0.05, 0) is 43.3 Å². The molecule has 8 nitrogen and oxygen atoms in total. The molecule has 9 heteroatoms. The number of aromatic amines is 1. The van der Waals surface area contributed by atoms with Crippen molar-refractivity contribution >= 4 is 34.9 Å². The largest absolute Gasteiger partial charge is 0.368 e. The van der Waals surface area contributed by atoms with Crippen molar-refractivity contribution in [3.63, 3.8) is 0 Å². The average molecular weight is 429 g/mol. The molecule has 1 aromatic heterocycles. The summed E-state index contributed by atoms with van der Waals surface area (Å²) < 4.78 is 7.20. The number of carbonyl (C=O) groups is 2. The van der Waals surface area contributed by atoms with Crippen molar-refractivity contribution in [1.82, 2.24) is 19.4 Å². The number of benzene rings is 1. The van der Waals surface area contributed by atoms with Crippen LogP contribution in [0.5, 0.6) is 0 Å². The van der Waals surface area contributed by atoms with Crippen LogP contribution in [0.25, 0.3) is 10.9 Å². The summed E-state index contributed by atoms with van der Waals surface area (Å²) in [5, 5.41) is 0.467. The minimum absolute atomic E-state index is 0.0219. The quantitative estimate of drug-likeness (QED) is 0.592. The number of aromatic nitrogens is 2. The van der Waals surface area contributed by atoms with Crippen molar-refractivity contribution in [3.05, 3.63) is 51.5 Å². The summed E-state index contributed by atoms with van der Waals surface area (Å²) in [6.45, 7) is 6.52. The van der Waals surface area contributed by atoms with Crippen LogP contribution in [-0.2, 0) is 16.1 Å². The van der Waals surface area contributed by atoms with Crippen molar-refractivity contribution in [2.24, 2.45) is 0 Å². The third-order valence-corrected chi connectivity index (χ3v) is 5.95. The number of nitrogens with one attached hydrogen (secondary N) is 1. The molecule has 2 fully saturated rings. The van der Waals surface area contributed by atoms with E-state index in [-0.39, 0.29) is 23.5 Å². The number of hydrogen-bond acceptors (Lipinski definition) is 5. The Labute approximate surface area is 178 Å². The standard InChI is InChI=1S/C21H24N4O4S/c1-2-7-25-19(27)15-6-5-14(13-16(15)22-21(25)30)18(26)23-8-10-24(11-9-23)20(28)17-4-3-12-29-17/h2,5-6,13,17H,1,3-4,7-12H2,(H,22,30). The van der Waals surface area contributed by atoms with Gasteiger partial charge in [0.25, 0.3) is 17.4 Å². The Balaban J connectivity index is 1.49. The number of allylic oxidation sites excluding steroid dienone is 1. The molecule has 1 unspecified atom stereocenters. The van der Waals surface area contributed by atoms with Crippen LogP contribution in [0, 0.1) is 4.77 Å². The zero-order valence-corrected chi connectivity index (χ0v) is 17.5. The van der Waals surface area contributed by atoms with E-state index >= 15 is 0 Å². The fourth-order valence-corrected chi connectivity index (χ4v) is 4.24. The Morgan fingerprint density at radius 1 is 1.23 bits per heavy atom. The van der Waals surface area contributed by atoms with Crippen molar-refractivity contribution in [1.29, 1.82) is 0 Å². The summed E-state index contributed by atoms with van der Waals surface area (Å²) in [7, 11) is 0. The number of ether oxygens (including phenoxy) is 1. The van der Waals surface area contributed by atoms with E-state index < -0.39 is 0 Å². The first-order chi connectivity index (χ1) is 14.5. The molecule has 30 heavy (non-hydrogen) atoms. The van der Waals surface area contributed by atoms with Crippen molar-refractivity contribution in [2.45, 2.75) is 25.5 Å². The predicted molar refractivity (Wildman–Crippen MR) is 115 cm³/mol. The fourth-order valence-electron chi connectivity index (χ4n) is 3.97. The Kier molecular flexibility index (Phi) is 5.83. The van der Waals surface area contributed by atoms with Crippen LogP contribution < -0.4 is 5.56 Å². The summed E-state index contributed by atoms with van der Waals surface area (Å²) >= 11 is 5.27. The van der Waals surface area contributed by atoms with Crippen molar-refractivity contribution < 1.29 is 14.3 Å². The molecule has 0 spiro atoms. The molecule has 1 N–H and O–H groups in total. The maximum atomic E-state index is 13.0. The van der Waals surface area contributed by atoms with Crippen LogP contribution in [0.4, 0.5) is 0 Å². The van der Waals surface area contributed by atoms with Gasteiger partial charge < -0.3 is 19.5 Å². The van der Waals surface area contributed by atoms with Crippen LogP contribution in [0.3, 0.4) is 0 Å². The second kappa shape index (κ2) is 8.53. The lowest BCUT2D eigenvalue weighted by atomic mass is 10.1. The Morgan fingerprint density at radius 2 is 1.97 bits per heavy atom. The fraction of sp³-hybridized carbons (Fsp3) is 0.429. The Bertz CT molecular complexity index is 1110. The van der Waals surface area contributed by atoms with Gasteiger partial charge in [-0.3, -0.25) is 19.0 Å². The smallest absolute Gasteiger partial charge is 0.262 e. The van der Waals surface area contributed by atoms with Crippen LogP contribution in [0.15, 0.2) is 35.6 Å². The summed E-state index contributed by atoms with van der Waals surface area (Å²) in [4.78, 5) is 44.6. The van der Waals surface area contributed by atoms with E-state index in [0.29, 0.717) is 60.6 Å². The number of fused-ring (bicyclic) bond motifs is 1. The van der Waals surface area contributed by atoms with Crippen molar-refractivity contribution in [2.75, 3.05) is 32.8 Å². The van der Waals surface area contributed by atoms with Crippen LogP contribution in [0.1, 0.15) is 23.2 Å². The van der Waals surface area contributed by atoms with Gasteiger partial charge in [-0.15, -0.1) is 6.58 Å². The van der Waals surface area contributed by atoms with Gasteiger partial charge in [-0.2, -0.15) is 0 Å². The van der Waals surface area contributed by atoms with Gasteiger partial charge in [0.05, 0.1) is 10.9 Å². The second-order valence-corrected chi connectivity index (χ2v) is 7.90. The number of nitrogens with zero attached hydrogens (tertiary/aromatic N) is 3. The van der Waals surface area contributed by atoms with Gasteiger partial charge in [0, 0.05) is 44.9 Å². The van der Waals surface area contributed by atoms with E-state index in [0.717, 1.165) is 12.8 Å². The summed E-state index contributed by atoms with van der Waals surface area (Å²) in [5.74, 6) is -0.107. The molecule has 2 saturated heterocycles. The zero-order valence-electron chi connectivity index (χ0n) is 16.6. The highest BCUT2D eigenvalue weighted by Crippen LogP contribution is 2.18. The summed E-state index contributed by atoms with van der Waals surface area (Å²) in [5.41, 5.74) is 0.796. The molecule has 3 heterocycles. The van der Waals surface area contributed by atoms with Crippen LogP contribution in [-0.4, -0.2) is 70.1 Å². The SMILES string of the molecule is C=CCn1c(=S)[nH]c2cc(C(=O)N3CCN(C(=O)C4CCCO4)CC3)ccc2c1=O. The normalized spacial score (nSPS) is 19.3. The molecule has 0 radical (unpaired) electrons. The van der Waals surface area contributed by atoms with Crippen LogP contribution >= 0.6 is 12.2 Å². The van der Waals surface area contributed by atoms with Gasteiger partial charge >= 0.3 is 0 Å². The van der Waals surface area contributed by atoms with Gasteiger partial charge in [-0.1, -0.05) is 6.08 Å². The lowest BCUT2D eigenvalue weighted by Gasteiger charge is -2.35. The monoisotopic (exact) mass is 428 g/mol. The first-order valence-corrected chi connectivity index (χ1v) is 10.5. The molecule has 1 atom stereocenters. The van der Waals surface area contributed by atoms with E-state index in [2.05, 4.69) is 11.6 Å². The minimum atomic E-state index is -0.332. The van der Waals surface area contributed by atoms with Gasteiger partial charge in [0.1, 0.15) is 6.10 Å². The number of carbonyl (C=O) groups excluding carboxylic acids is 2. The number of hydrogen-bond donors (Lipinski definition) is 1. The maximum absolute atomic E-state index is 13.0. The molecular weight excluding hydrogens is 404 g/mol. The molecule has 2 aliphatic heterocycles. The molecule has 1 aromatic carbocycles. The van der Waals surface area contributed by atoms with E-state index in [9.17, 15) is 14.4 Å². The Hall–Kier alpha value is -2.78. The predicted octanol–water partition coefficient (Wildman–Crippen LogP) is 1.71. The lowest BCUT2D eigenvalue weighted by molar-refractivity contribution is -0.142. The molecule has 0 bridgehead atoms. The van der Waals surface area contributed by atoms with E-state index in [1.54, 1.807) is 34.1 Å². The summed E-state index contributed by atoms with van der Waals surface area (Å²) in [6.07, 6.45) is 2.96. The van der Waals surface area contributed by atoms with E-state index in [1.807, 2.05) is 0 Å². The molecule has 2 aliphatic rings. The Morgan fingerprint density at radius 3 is 2.63 bits per heavy atom. The lowest BCUT2D eigenvalue weighted by Crippen LogP contribution is -2.52. The first kappa shape index (κ1) is 20.5. The number of piperazine rings is 1. The molecule has 158 valence electrons. The van der Waals surface area contributed by atoms with E-state index in [1.165, 1.54) is 4.57 Å². The maximum Gasteiger partial charge on any atom is 0.262 e. The minimum Gasteiger partial charge on any atom is -0.368 e. The van der Waals surface area contributed by atoms with E-state index in [4.69, 9.17) is 17.0 Å². The third kappa shape index (κ3) is 3.82.